The number of amides is 2. The van der Waals surface area contributed by atoms with Crippen molar-refractivity contribution in [3.05, 3.63) is 48.3 Å². The zero-order chi connectivity index (χ0) is 28.3. The number of H-pyrrole nitrogens is 1. The van der Waals surface area contributed by atoms with Crippen LogP contribution in [-0.2, 0) is 9.59 Å². The van der Waals surface area contributed by atoms with Crippen molar-refractivity contribution in [2.45, 2.75) is 38.6 Å². The van der Waals surface area contributed by atoms with Gasteiger partial charge in [-0.3, -0.25) is 14.7 Å². The molecule has 210 valence electrons. The Labute approximate surface area is 234 Å². The number of aromatic nitrogens is 4. The molecule has 0 bridgehead atoms. The maximum Gasteiger partial charge on any atom is 0.246 e. The first-order chi connectivity index (χ1) is 19.4. The molecule has 4 rings (SSSR count). The van der Waals surface area contributed by atoms with Crippen molar-refractivity contribution in [3.8, 4) is 11.8 Å². The van der Waals surface area contributed by atoms with Crippen LogP contribution in [0.1, 0.15) is 38.2 Å². The topological polar surface area (TPSA) is 131 Å². The summed E-state index contributed by atoms with van der Waals surface area (Å²) in [6.45, 7) is 4.50. The lowest BCUT2D eigenvalue weighted by molar-refractivity contribution is -0.135. The first kappa shape index (κ1) is 28.6. The van der Waals surface area contributed by atoms with Gasteiger partial charge in [0.15, 0.2) is 0 Å². The Morgan fingerprint density at radius 2 is 2.15 bits per heavy atom. The molecule has 0 spiro atoms. The van der Waals surface area contributed by atoms with Crippen LogP contribution < -0.4 is 16.0 Å². The molecule has 0 aliphatic carbocycles. The Balaban J connectivity index is 1.26. The zero-order valence-corrected chi connectivity index (χ0v) is 23.3. The fourth-order valence-electron chi connectivity index (χ4n) is 4.41. The van der Waals surface area contributed by atoms with E-state index in [1.54, 1.807) is 23.4 Å². The average molecular weight is 544 g/mol. The van der Waals surface area contributed by atoms with E-state index >= 15 is 0 Å². The van der Waals surface area contributed by atoms with Gasteiger partial charge in [-0.05, 0) is 58.5 Å². The largest absolute Gasteiger partial charge is 0.369 e. The summed E-state index contributed by atoms with van der Waals surface area (Å²) in [5, 5.41) is 17.5. The zero-order valence-electron chi connectivity index (χ0n) is 23.3. The Morgan fingerprint density at radius 1 is 1.27 bits per heavy atom. The molecule has 11 heteroatoms. The Bertz CT molecular complexity index is 1400. The molecule has 1 aliphatic rings. The number of hydrogen-bond donors (Lipinski definition) is 4. The number of carbonyl (C=O) groups is 2. The van der Waals surface area contributed by atoms with Crippen molar-refractivity contribution in [2.75, 3.05) is 50.9 Å². The predicted molar refractivity (Wildman–Crippen MR) is 157 cm³/mol. The summed E-state index contributed by atoms with van der Waals surface area (Å²) >= 11 is 0. The molecule has 1 atom stereocenters. The van der Waals surface area contributed by atoms with Crippen LogP contribution in [0, 0.1) is 11.8 Å². The van der Waals surface area contributed by atoms with Crippen molar-refractivity contribution in [2.24, 2.45) is 0 Å². The maximum atomic E-state index is 12.7. The van der Waals surface area contributed by atoms with Crippen LogP contribution in [-0.4, -0.2) is 88.1 Å². The van der Waals surface area contributed by atoms with Gasteiger partial charge in [0.05, 0.1) is 23.5 Å². The van der Waals surface area contributed by atoms with Gasteiger partial charge in [-0.1, -0.05) is 17.9 Å². The number of likely N-dealkylation sites (tertiary alicyclic amines) is 1. The fraction of sp³-hybridized carbons (Fsp3) is 0.414. The third-order valence-electron chi connectivity index (χ3n) is 6.40. The van der Waals surface area contributed by atoms with Crippen LogP contribution in [0.15, 0.2) is 42.7 Å². The van der Waals surface area contributed by atoms with Gasteiger partial charge in [0, 0.05) is 49.7 Å². The van der Waals surface area contributed by atoms with Gasteiger partial charge in [0.25, 0.3) is 0 Å². The number of benzene rings is 1. The van der Waals surface area contributed by atoms with Gasteiger partial charge < -0.3 is 25.8 Å². The standard InChI is InChI=1S/C29H37N9O2/c1-4-30-27-22(19-32-29(35-27)34-23-14-13-21-20-33-36-24(21)18-23)10-6-5-7-15-31-28(40)25-11-8-17-38(25)26(39)12-9-16-37(2)3/h9,12-14,18-20,25H,4-5,7-8,11,15-17H2,1-3H3,(H,31,40)(H,33,36)(H2,30,32,34,35)/b12-9+/t25-/m0/s1. The molecule has 2 amide bonds. The third-order valence-corrected chi connectivity index (χ3v) is 6.40. The summed E-state index contributed by atoms with van der Waals surface area (Å²) in [5.41, 5.74) is 2.49. The molecule has 0 saturated carbocycles. The molecule has 4 N–H and O–H groups in total. The van der Waals surface area contributed by atoms with Gasteiger partial charge >= 0.3 is 0 Å². The van der Waals surface area contributed by atoms with Crippen molar-refractivity contribution in [1.82, 2.24) is 35.3 Å². The van der Waals surface area contributed by atoms with E-state index in [9.17, 15) is 9.59 Å². The Hall–Kier alpha value is -4.43. The van der Waals surface area contributed by atoms with E-state index in [4.69, 9.17) is 0 Å². The average Bonchev–Trinajstić information content (AvgIpc) is 3.61. The normalized spacial score (nSPS) is 14.9. The number of fused-ring (bicyclic) bond motifs is 1. The lowest BCUT2D eigenvalue weighted by Gasteiger charge is -2.22. The highest BCUT2D eigenvalue weighted by Gasteiger charge is 2.32. The Morgan fingerprint density at radius 3 is 2.98 bits per heavy atom. The lowest BCUT2D eigenvalue weighted by Crippen LogP contribution is -2.45. The van der Waals surface area contributed by atoms with Crippen LogP contribution in [0.5, 0.6) is 0 Å². The monoisotopic (exact) mass is 543 g/mol. The molecule has 3 heterocycles. The molecule has 1 fully saturated rings. The maximum absolute atomic E-state index is 12.7. The smallest absolute Gasteiger partial charge is 0.246 e. The minimum atomic E-state index is -0.407. The number of rotatable bonds is 11. The Kier molecular flexibility index (Phi) is 10.1. The number of aromatic amines is 1. The molecule has 0 radical (unpaired) electrons. The summed E-state index contributed by atoms with van der Waals surface area (Å²) in [6, 6.07) is 5.47. The van der Waals surface area contributed by atoms with Crippen LogP contribution in [0.4, 0.5) is 17.5 Å². The first-order valence-corrected chi connectivity index (χ1v) is 13.6. The minimum Gasteiger partial charge on any atom is -0.369 e. The molecule has 0 unspecified atom stereocenters. The number of nitrogens with zero attached hydrogens (tertiary/aromatic N) is 5. The van der Waals surface area contributed by atoms with Crippen LogP contribution in [0.25, 0.3) is 10.9 Å². The van der Waals surface area contributed by atoms with E-state index in [-0.39, 0.29) is 11.8 Å². The molecule has 1 aromatic carbocycles. The number of hydrogen-bond acceptors (Lipinski definition) is 8. The summed E-state index contributed by atoms with van der Waals surface area (Å²) in [7, 11) is 3.89. The van der Waals surface area contributed by atoms with Gasteiger partial charge in [-0.25, -0.2) is 4.98 Å². The number of unbranched alkanes of at least 4 members (excludes halogenated alkanes) is 1. The molecule has 3 aromatic rings. The van der Waals surface area contributed by atoms with Crippen LogP contribution >= 0.6 is 0 Å². The summed E-state index contributed by atoms with van der Waals surface area (Å²) in [4.78, 5) is 37.9. The molecule has 2 aromatic heterocycles. The molecule has 11 nitrogen and oxygen atoms in total. The molecule has 40 heavy (non-hydrogen) atoms. The van der Waals surface area contributed by atoms with E-state index < -0.39 is 6.04 Å². The quantitative estimate of drug-likeness (QED) is 0.165. The summed E-state index contributed by atoms with van der Waals surface area (Å²) in [6.07, 6.45) is 9.71. The molecular weight excluding hydrogens is 506 g/mol. The number of carbonyl (C=O) groups excluding carboxylic acids is 2. The van der Waals surface area contributed by atoms with Crippen LogP contribution in [0.3, 0.4) is 0 Å². The number of likely N-dealkylation sites (N-methyl/N-ethyl adjacent to an activating group) is 1. The number of anilines is 3. The molecular formula is C29H37N9O2. The molecule has 1 saturated heterocycles. The van der Waals surface area contributed by atoms with Gasteiger partial charge in [0.2, 0.25) is 17.8 Å². The third kappa shape index (κ3) is 7.80. The van der Waals surface area contributed by atoms with Crippen molar-refractivity contribution < 1.29 is 9.59 Å². The predicted octanol–water partition coefficient (Wildman–Crippen LogP) is 2.89. The van der Waals surface area contributed by atoms with Gasteiger partial charge in [-0.2, -0.15) is 10.1 Å². The van der Waals surface area contributed by atoms with E-state index in [0.29, 0.717) is 62.8 Å². The van der Waals surface area contributed by atoms with E-state index in [2.05, 4.69) is 48.0 Å². The van der Waals surface area contributed by atoms with E-state index in [1.807, 2.05) is 50.2 Å². The first-order valence-electron chi connectivity index (χ1n) is 13.6. The van der Waals surface area contributed by atoms with Gasteiger partial charge in [0.1, 0.15) is 11.9 Å². The van der Waals surface area contributed by atoms with E-state index in [0.717, 1.165) is 23.0 Å². The highest BCUT2D eigenvalue weighted by Crippen LogP contribution is 2.21. The SMILES string of the molecule is CCNc1nc(Nc2ccc3cn[nH]c3c2)ncc1C#CCCCNC(=O)[C@@H]1CCCN1C(=O)/C=C/CN(C)C. The van der Waals surface area contributed by atoms with Gasteiger partial charge in [-0.15, -0.1) is 0 Å². The van der Waals surface area contributed by atoms with Crippen molar-refractivity contribution in [1.29, 1.82) is 0 Å². The second-order valence-electron chi connectivity index (χ2n) is 9.83. The minimum absolute atomic E-state index is 0.0996. The van der Waals surface area contributed by atoms with Crippen LogP contribution in [0.2, 0.25) is 0 Å². The number of nitrogens with one attached hydrogen (secondary N) is 4. The molecule has 1 aliphatic heterocycles. The van der Waals surface area contributed by atoms with E-state index in [1.165, 1.54) is 0 Å². The second-order valence-corrected chi connectivity index (χ2v) is 9.83. The fourth-order valence-corrected chi connectivity index (χ4v) is 4.41. The van der Waals surface area contributed by atoms with Crippen molar-refractivity contribution >= 4 is 40.2 Å². The second kappa shape index (κ2) is 14.1. The van der Waals surface area contributed by atoms with Crippen molar-refractivity contribution in [3.63, 3.8) is 0 Å². The summed E-state index contributed by atoms with van der Waals surface area (Å²) in [5.74, 6) is 7.23. The highest BCUT2D eigenvalue weighted by atomic mass is 16.2. The summed E-state index contributed by atoms with van der Waals surface area (Å²) < 4.78 is 0. The highest BCUT2D eigenvalue weighted by molar-refractivity contribution is 5.93. The lowest BCUT2D eigenvalue weighted by atomic mass is 10.2.